The van der Waals surface area contributed by atoms with E-state index in [9.17, 15) is 9.90 Å². The molecule has 0 bridgehead atoms. The van der Waals surface area contributed by atoms with Crippen LogP contribution in [0.5, 0.6) is 5.75 Å². The number of hydrogen-bond acceptors (Lipinski definition) is 5. The highest BCUT2D eigenvalue weighted by molar-refractivity contribution is 5.80. The fourth-order valence-corrected chi connectivity index (χ4v) is 1.27. The van der Waals surface area contributed by atoms with Crippen molar-refractivity contribution in [3.8, 4) is 5.75 Å². The van der Waals surface area contributed by atoms with Gasteiger partial charge in [0.15, 0.2) is 0 Å². The first-order valence-electron chi connectivity index (χ1n) is 4.96. The first-order valence-corrected chi connectivity index (χ1v) is 4.96. The highest BCUT2D eigenvalue weighted by Gasteiger charge is 2.06. The Kier molecular flexibility index (Phi) is 6.69. The minimum atomic E-state index is -0.144. The maximum absolute atomic E-state index is 11.4. The molecule has 0 saturated carbocycles. The topological polar surface area (TPSA) is 120 Å². The Labute approximate surface area is 100 Å². The first kappa shape index (κ1) is 15.2. The number of nitrogens with two attached hydrogens (primary N) is 1. The van der Waals surface area contributed by atoms with Crippen molar-refractivity contribution in [3.63, 3.8) is 0 Å². The summed E-state index contributed by atoms with van der Waals surface area (Å²) < 4.78 is 4.81. The monoisotopic (exact) mass is 241 g/mol. The molecule has 6 heteroatoms. The average Bonchev–Trinajstić information content (AvgIpc) is 2.24. The maximum Gasteiger partial charge on any atom is 0.224 e. The van der Waals surface area contributed by atoms with Crippen LogP contribution in [0.3, 0.4) is 0 Å². The normalized spacial score (nSPS) is 9.47. The molecule has 0 fully saturated rings. The molecule has 0 radical (unpaired) electrons. The number of phenolic OH excluding ortho intramolecular Hbond substituents is 1. The van der Waals surface area contributed by atoms with Crippen molar-refractivity contribution >= 4 is 11.6 Å². The Hall–Kier alpha value is -1.79. The largest absolute Gasteiger partial charge is 0.508 e. The van der Waals surface area contributed by atoms with Crippen LogP contribution in [-0.4, -0.2) is 31.3 Å². The molecule has 0 aliphatic carbocycles. The van der Waals surface area contributed by atoms with Crippen molar-refractivity contribution in [2.24, 2.45) is 0 Å². The third-order valence-corrected chi connectivity index (χ3v) is 2.11. The molecule has 0 spiro atoms. The molecule has 0 heterocycles. The second-order valence-electron chi connectivity index (χ2n) is 3.40. The van der Waals surface area contributed by atoms with Gasteiger partial charge in [-0.1, -0.05) is 0 Å². The van der Waals surface area contributed by atoms with Gasteiger partial charge in [0.1, 0.15) is 5.75 Å². The van der Waals surface area contributed by atoms with Gasteiger partial charge in [-0.15, -0.1) is 0 Å². The van der Waals surface area contributed by atoms with Gasteiger partial charge in [0.25, 0.3) is 0 Å². The molecule has 0 saturated heterocycles. The van der Waals surface area contributed by atoms with Crippen molar-refractivity contribution in [2.75, 3.05) is 26.0 Å². The number of carbonyl (C=O) groups excluding carboxylic acids is 1. The number of amides is 1. The smallest absolute Gasteiger partial charge is 0.224 e. The lowest BCUT2D eigenvalue weighted by Crippen LogP contribution is -2.28. The molecular weight excluding hydrogens is 222 g/mol. The van der Waals surface area contributed by atoms with Gasteiger partial charge < -0.3 is 27.0 Å². The van der Waals surface area contributed by atoms with Gasteiger partial charge in [-0.05, 0) is 23.8 Å². The Morgan fingerprint density at radius 2 is 2.24 bits per heavy atom. The van der Waals surface area contributed by atoms with Crippen molar-refractivity contribution < 1.29 is 14.6 Å². The van der Waals surface area contributed by atoms with Crippen molar-refractivity contribution in [2.45, 2.75) is 6.42 Å². The average molecular weight is 241 g/mol. The number of hydrogen-bond donors (Lipinski definition) is 4. The number of anilines is 1. The van der Waals surface area contributed by atoms with Gasteiger partial charge in [0, 0.05) is 19.3 Å². The third kappa shape index (κ3) is 5.19. The van der Waals surface area contributed by atoms with Crippen LogP contribution in [0.25, 0.3) is 0 Å². The number of rotatable bonds is 5. The number of carbonyl (C=O) groups is 1. The number of phenols is 1. The van der Waals surface area contributed by atoms with E-state index in [0.717, 1.165) is 0 Å². The lowest BCUT2D eigenvalue weighted by atomic mass is 10.1. The van der Waals surface area contributed by atoms with E-state index in [4.69, 9.17) is 10.5 Å². The molecule has 0 aliphatic rings. The van der Waals surface area contributed by atoms with Crippen molar-refractivity contribution in [3.05, 3.63) is 23.8 Å². The molecular formula is C11H19N3O3. The van der Waals surface area contributed by atoms with Crippen LogP contribution in [0.15, 0.2) is 18.2 Å². The van der Waals surface area contributed by atoms with E-state index in [-0.39, 0.29) is 24.2 Å². The Morgan fingerprint density at radius 3 is 2.88 bits per heavy atom. The van der Waals surface area contributed by atoms with Crippen LogP contribution in [0, 0.1) is 0 Å². The molecule has 17 heavy (non-hydrogen) atoms. The minimum Gasteiger partial charge on any atom is -0.508 e. The molecule has 0 unspecified atom stereocenters. The van der Waals surface area contributed by atoms with Crippen molar-refractivity contribution in [1.29, 1.82) is 0 Å². The molecule has 1 rings (SSSR count). The molecule has 1 aromatic rings. The van der Waals surface area contributed by atoms with E-state index in [1.807, 2.05) is 0 Å². The van der Waals surface area contributed by atoms with E-state index in [2.05, 4.69) is 5.32 Å². The number of methoxy groups -OCH3 is 1. The summed E-state index contributed by atoms with van der Waals surface area (Å²) in [5.41, 5.74) is 6.80. The summed E-state index contributed by atoms with van der Waals surface area (Å²) in [7, 11) is 1.57. The predicted octanol–water partition coefficient (Wildman–Crippen LogP) is 0.441. The Balaban J connectivity index is 0.00000256. The lowest BCUT2D eigenvalue weighted by Gasteiger charge is -2.07. The summed E-state index contributed by atoms with van der Waals surface area (Å²) in [6.07, 6.45) is 0.157. The molecule has 96 valence electrons. The number of ether oxygens (including phenoxy) is 1. The zero-order valence-corrected chi connectivity index (χ0v) is 9.90. The molecule has 0 aromatic heterocycles. The Bertz CT molecular complexity index is 369. The van der Waals surface area contributed by atoms with Crippen LogP contribution in [0.4, 0.5) is 5.69 Å². The quantitative estimate of drug-likeness (QED) is 0.339. The van der Waals surface area contributed by atoms with Gasteiger partial charge in [0.2, 0.25) is 5.91 Å². The molecule has 1 amide bonds. The van der Waals surface area contributed by atoms with Crippen LogP contribution < -0.4 is 17.2 Å². The summed E-state index contributed by atoms with van der Waals surface area (Å²) in [6, 6.07) is 4.56. The first-order chi connectivity index (χ1) is 7.63. The second-order valence-corrected chi connectivity index (χ2v) is 3.40. The zero-order valence-electron chi connectivity index (χ0n) is 9.90. The van der Waals surface area contributed by atoms with Gasteiger partial charge in [-0.2, -0.15) is 0 Å². The lowest BCUT2D eigenvalue weighted by molar-refractivity contribution is -0.120. The van der Waals surface area contributed by atoms with Gasteiger partial charge in [0.05, 0.1) is 13.0 Å². The molecule has 7 N–H and O–H groups in total. The second kappa shape index (κ2) is 7.48. The number of nitrogen functional groups attached to an aromatic ring is 1. The number of nitrogens with one attached hydrogen (secondary N) is 1. The fourth-order valence-electron chi connectivity index (χ4n) is 1.27. The predicted molar refractivity (Wildman–Crippen MR) is 66.1 cm³/mol. The maximum atomic E-state index is 11.4. The van der Waals surface area contributed by atoms with Crippen LogP contribution in [0.1, 0.15) is 5.56 Å². The minimum absolute atomic E-state index is 0. The summed E-state index contributed by atoms with van der Waals surface area (Å²) in [5, 5.41) is 11.9. The third-order valence-electron chi connectivity index (χ3n) is 2.11. The van der Waals surface area contributed by atoms with E-state index in [1.165, 1.54) is 12.1 Å². The van der Waals surface area contributed by atoms with Gasteiger partial charge >= 0.3 is 0 Å². The van der Waals surface area contributed by atoms with Crippen molar-refractivity contribution in [1.82, 2.24) is 11.5 Å². The number of aromatic hydroxyl groups is 1. The van der Waals surface area contributed by atoms with Gasteiger partial charge in [-0.3, -0.25) is 4.79 Å². The molecule has 1 aromatic carbocycles. The summed E-state index contributed by atoms with van der Waals surface area (Å²) >= 11 is 0. The van der Waals surface area contributed by atoms with E-state index < -0.39 is 0 Å². The van der Waals surface area contributed by atoms with Crippen LogP contribution >= 0.6 is 0 Å². The summed E-state index contributed by atoms with van der Waals surface area (Å²) in [6.45, 7) is 0.940. The standard InChI is InChI=1S/C11H16N2O3.H3N/c1-16-5-4-13-11(15)7-8-6-9(14)2-3-10(8)12;/h2-3,6,14H,4-5,7,12H2,1H3,(H,13,15);1H3. The fraction of sp³-hybridized carbons (Fsp3) is 0.364. The molecule has 6 nitrogen and oxygen atoms in total. The van der Waals surface area contributed by atoms with E-state index >= 15 is 0 Å². The van der Waals surface area contributed by atoms with Crippen LogP contribution in [0.2, 0.25) is 0 Å². The summed E-state index contributed by atoms with van der Waals surface area (Å²) in [5.74, 6) is -0.0387. The SMILES string of the molecule is COCCNC(=O)Cc1cc(O)ccc1N.N. The molecule has 0 aliphatic heterocycles. The van der Waals surface area contributed by atoms with E-state index in [1.54, 1.807) is 13.2 Å². The van der Waals surface area contributed by atoms with E-state index in [0.29, 0.717) is 24.4 Å². The number of benzene rings is 1. The highest BCUT2D eigenvalue weighted by atomic mass is 16.5. The van der Waals surface area contributed by atoms with Crippen LogP contribution in [-0.2, 0) is 16.0 Å². The van der Waals surface area contributed by atoms with Gasteiger partial charge in [-0.25, -0.2) is 0 Å². The zero-order chi connectivity index (χ0) is 12.0. The highest BCUT2D eigenvalue weighted by Crippen LogP contribution is 2.18. The Morgan fingerprint density at radius 1 is 1.53 bits per heavy atom. The molecule has 0 atom stereocenters. The summed E-state index contributed by atoms with van der Waals surface area (Å²) in [4.78, 5) is 11.4.